The number of aryl methyl sites for hydroxylation is 1. The molecule has 3 aromatic carbocycles. The van der Waals surface area contributed by atoms with E-state index in [0.29, 0.717) is 18.2 Å². The largest absolute Gasteiger partial charge is 0.391 e. The number of nitrogens with zero attached hydrogens (tertiary/aromatic N) is 1. The number of hydrogen-bond acceptors (Lipinski definition) is 4. The molecule has 1 amide bonds. The number of aliphatic hydroxyl groups excluding tert-OH is 1. The van der Waals surface area contributed by atoms with Crippen LogP contribution in [0.2, 0.25) is 0 Å². The second-order valence-electron chi connectivity index (χ2n) is 9.28. The number of aromatic nitrogens is 1. The van der Waals surface area contributed by atoms with Crippen LogP contribution in [0.1, 0.15) is 46.4 Å². The predicted molar refractivity (Wildman–Crippen MR) is 139 cm³/mol. The molecule has 0 bridgehead atoms. The van der Waals surface area contributed by atoms with Gasteiger partial charge in [-0.15, -0.1) is 0 Å². The monoisotopic (exact) mass is 464 g/mol. The molecule has 5 heteroatoms. The lowest BCUT2D eigenvalue weighted by Crippen LogP contribution is -2.41. The van der Waals surface area contributed by atoms with Crippen LogP contribution in [0.25, 0.3) is 21.9 Å². The summed E-state index contributed by atoms with van der Waals surface area (Å²) in [5.74, 6) is -0.426. The van der Waals surface area contributed by atoms with Crippen molar-refractivity contribution in [3.63, 3.8) is 0 Å². The summed E-state index contributed by atoms with van der Waals surface area (Å²) in [6, 6.07) is 23.1. The van der Waals surface area contributed by atoms with Crippen LogP contribution in [0.5, 0.6) is 0 Å². The zero-order valence-electron chi connectivity index (χ0n) is 19.7. The fourth-order valence-electron chi connectivity index (χ4n) is 4.90. The summed E-state index contributed by atoms with van der Waals surface area (Å²) in [6.45, 7) is 1.98. The molecule has 1 aliphatic carbocycles. The first-order valence-corrected chi connectivity index (χ1v) is 12.1. The summed E-state index contributed by atoms with van der Waals surface area (Å²) in [4.78, 5) is 30.6. The van der Waals surface area contributed by atoms with Gasteiger partial charge < -0.3 is 10.4 Å². The van der Waals surface area contributed by atoms with Crippen molar-refractivity contribution in [3.8, 4) is 11.1 Å². The number of amides is 1. The molecule has 35 heavy (non-hydrogen) atoms. The van der Waals surface area contributed by atoms with Crippen LogP contribution in [-0.4, -0.2) is 28.1 Å². The van der Waals surface area contributed by atoms with E-state index in [9.17, 15) is 14.7 Å². The van der Waals surface area contributed by atoms with E-state index in [2.05, 4.69) is 40.6 Å². The van der Waals surface area contributed by atoms with Gasteiger partial charge in [0, 0.05) is 17.3 Å². The van der Waals surface area contributed by atoms with Gasteiger partial charge in [-0.25, -0.2) is 0 Å². The van der Waals surface area contributed by atoms with E-state index in [4.69, 9.17) is 0 Å². The van der Waals surface area contributed by atoms with Crippen molar-refractivity contribution in [1.82, 2.24) is 10.3 Å². The van der Waals surface area contributed by atoms with Gasteiger partial charge in [0.15, 0.2) is 5.43 Å². The lowest BCUT2D eigenvalue weighted by Gasteiger charge is -2.15. The quantitative estimate of drug-likeness (QED) is 0.445. The number of carbonyl (C=O) groups is 1. The van der Waals surface area contributed by atoms with E-state index < -0.39 is 12.0 Å². The number of hydrogen-bond donors (Lipinski definition) is 2. The molecule has 5 nitrogen and oxygen atoms in total. The number of carbonyl (C=O) groups excluding carboxylic acids is 1. The van der Waals surface area contributed by atoms with Crippen LogP contribution in [-0.2, 0) is 6.42 Å². The number of aliphatic hydroxyl groups is 1. The third-order valence-corrected chi connectivity index (χ3v) is 6.83. The fraction of sp³-hybridized carbons (Fsp3) is 0.233. The highest BCUT2D eigenvalue weighted by Gasteiger charge is 2.27. The molecule has 0 saturated heterocycles. The molecule has 0 aliphatic heterocycles. The maximum absolute atomic E-state index is 13.3. The molecule has 2 atom stereocenters. The molecule has 0 radical (unpaired) electrons. The number of pyridine rings is 1. The molecule has 0 spiro atoms. The molecule has 2 N–H and O–H groups in total. The second-order valence-corrected chi connectivity index (χ2v) is 9.28. The minimum absolute atomic E-state index is 0.106. The van der Waals surface area contributed by atoms with Crippen LogP contribution in [0.4, 0.5) is 0 Å². The van der Waals surface area contributed by atoms with E-state index in [1.54, 1.807) is 12.1 Å². The molecule has 0 unspecified atom stereocenters. The maximum atomic E-state index is 13.3. The van der Waals surface area contributed by atoms with Crippen LogP contribution in [0, 0.1) is 6.92 Å². The van der Waals surface area contributed by atoms with Gasteiger partial charge in [-0.05, 0) is 78.4 Å². The van der Waals surface area contributed by atoms with E-state index in [-0.39, 0.29) is 17.0 Å². The molecule has 1 aliphatic rings. The second kappa shape index (κ2) is 9.80. The molecule has 1 fully saturated rings. The highest BCUT2D eigenvalue weighted by Crippen LogP contribution is 2.24. The normalized spacial score (nSPS) is 17.4. The van der Waals surface area contributed by atoms with Crippen molar-refractivity contribution >= 4 is 16.7 Å². The van der Waals surface area contributed by atoms with E-state index in [0.717, 1.165) is 46.2 Å². The van der Waals surface area contributed by atoms with Crippen molar-refractivity contribution < 1.29 is 9.90 Å². The first-order valence-electron chi connectivity index (χ1n) is 12.1. The topological polar surface area (TPSA) is 79.3 Å². The number of benzene rings is 2. The Morgan fingerprint density at radius 1 is 0.971 bits per heavy atom. The van der Waals surface area contributed by atoms with Gasteiger partial charge in [-0.3, -0.25) is 14.6 Å². The van der Waals surface area contributed by atoms with Gasteiger partial charge in [0.2, 0.25) is 0 Å². The lowest BCUT2D eigenvalue weighted by molar-refractivity contribution is 0.0872. The summed E-state index contributed by atoms with van der Waals surface area (Å²) < 4.78 is 0. The Labute approximate surface area is 204 Å². The standard InChI is InChI=1S/C30H28N2O3/c1-19-17-22(15-16-31-19)21-11-9-20(10-12-21)18-23-13-14-26(29(34)25-6-3-2-5-24(23)25)30(35)32-27-7-4-8-28(27)33/h2-3,5-6,9-17,27-28,33H,4,7-8,18H2,1H3,(H,32,35)/t27-,28-/m0/s1. The summed E-state index contributed by atoms with van der Waals surface area (Å²) in [5.41, 5.74) is 5.13. The summed E-state index contributed by atoms with van der Waals surface area (Å²) in [5, 5.41) is 14.3. The molecule has 1 heterocycles. The number of fused-ring (bicyclic) bond motifs is 1. The van der Waals surface area contributed by atoms with Crippen LogP contribution >= 0.6 is 0 Å². The zero-order chi connectivity index (χ0) is 24.4. The predicted octanol–water partition coefficient (Wildman–Crippen LogP) is 4.80. The number of rotatable bonds is 5. The van der Waals surface area contributed by atoms with Crippen molar-refractivity contribution in [2.24, 2.45) is 0 Å². The summed E-state index contributed by atoms with van der Waals surface area (Å²) in [6.07, 6.45) is 4.15. The molecular formula is C30H28N2O3. The Morgan fingerprint density at radius 2 is 1.74 bits per heavy atom. The minimum Gasteiger partial charge on any atom is -0.391 e. The van der Waals surface area contributed by atoms with Gasteiger partial charge in [-0.2, -0.15) is 0 Å². The Bertz CT molecular complexity index is 1450. The van der Waals surface area contributed by atoms with E-state index in [1.807, 2.05) is 43.5 Å². The van der Waals surface area contributed by atoms with Crippen LogP contribution < -0.4 is 10.7 Å². The first-order chi connectivity index (χ1) is 17.0. The Hall–Kier alpha value is -3.83. The Balaban J connectivity index is 1.48. The molecular weight excluding hydrogens is 436 g/mol. The zero-order valence-corrected chi connectivity index (χ0v) is 19.7. The van der Waals surface area contributed by atoms with Gasteiger partial charge in [0.25, 0.3) is 5.91 Å². The van der Waals surface area contributed by atoms with Gasteiger partial charge in [-0.1, -0.05) is 54.6 Å². The molecule has 1 aromatic heterocycles. The Morgan fingerprint density at radius 3 is 2.46 bits per heavy atom. The van der Waals surface area contributed by atoms with Crippen LogP contribution in [0.15, 0.2) is 83.8 Å². The third-order valence-electron chi connectivity index (χ3n) is 6.83. The average molecular weight is 465 g/mol. The number of nitrogens with one attached hydrogen (secondary N) is 1. The van der Waals surface area contributed by atoms with E-state index >= 15 is 0 Å². The van der Waals surface area contributed by atoms with E-state index in [1.165, 1.54) is 0 Å². The minimum atomic E-state index is -0.558. The van der Waals surface area contributed by atoms with Crippen molar-refractivity contribution in [2.75, 3.05) is 0 Å². The Kier molecular flexibility index (Phi) is 6.43. The van der Waals surface area contributed by atoms with Crippen molar-refractivity contribution in [1.29, 1.82) is 0 Å². The highest BCUT2D eigenvalue weighted by molar-refractivity contribution is 5.98. The smallest absolute Gasteiger partial charge is 0.255 e. The maximum Gasteiger partial charge on any atom is 0.255 e. The SMILES string of the molecule is Cc1cc(-c2ccc(Cc3ccc(C(=O)N[C@H]4CCC[C@@H]4O)c(=O)c4ccccc34)cc2)ccn1. The van der Waals surface area contributed by atoms with Gasteiger partial charge in [0.1, 0.15) is 0 Å². The third kappa shape index (κ3) is 4.86. The molecule has 176 valence electrons. The van der Waals surface area contributed by atoms with Crippen molar-refractivity contribution in [2.45, 2.75) is 44.8 Å². The van der Waals surface area contributed by atoms with Crippen molar-refractivity contribution in [3.05, 3.63) is 112 Å². The molecule has 5 rings (SSSR count). The van der Waals surface area contributed by atoms with Gasteiger partial charge in [0.05, 0.1) is 17.7 Å². The van der Waals surface area contributed by atoms with Gasteiger partial charge >= 0.3 is 0 Å². The molecule has 4 aromatic rings. The summed E-state index contributed by atoms with van der Waals surface area (Å²) >= 11 is 0. The molecule has 1 saturated carbocycles. The van der Waals surface area contributed by atoms with Crippen LogP contribution in [0.3, 0.4) is 0 Å². The highest BCUT2D eigenvalue weighted by atomic mass is 16.3. The summed E-state index contributed by atoms with van der Waals surface area (Å²) in [7, 11) is 0. The average Bonchev–Trinajstić information content (AvgIpc) is 3.21. The lowest BCUT2D eigenvalue weighted by atomic mass is 9.99. The fourth-order valence-corrected chi connectivity index (χ4v) is 4.90. The first kappa shape index (κ1) is 22.9.